The second-order valence-electron chi connectivity index (χ2n) is 20.5. The highest BCUT2D eigenvalue weighted by molar-refractivity contribution is 5.75. The van der Waals surface area contributed by atoms with Gasteiger partial charge in [-0.1, -0.05) is 46.3 Å². The largest absolute Gasteiger partial charge is 0.481 e. The summed E-state index contributed by atoms with van der Waals surface area (Å²) in [5, 5.41) is 94.4. The fraction of sp³-hybridized carbons (Fsp3) is 0.881. The molecule has 0 spiro atoms. The molecule has 4 saturated carbocycles. The van der Waals surface area contributed by atoms with Gasteiger partial charge in [0.05, 0.1) is 18.1 Å². The van der Waals surface area contributed by atoms with Crippen LogP contribution in [0, 0.1) is 50.2 Å². The Hall–Kier alpha value is -2.25. The normalized spacial score (nSPS) is 54.2. The molecule has 16 heteroatoms. The monoisotopic (exact) mass is 824 g/mol. The molecule has 0 bridgehead atoms. The zero-order valence-electron chi connectivity index (χ0n) is 34.3. The van der Waals surface area contributed by atoms with Crippen LogP contribution in [0.1, 0.15) is 106 Å². The maximum atomic E-state index is 12.5. The minimum atomic E-state index is -2.06. The van der Waals surface area contributed by atoms with Crippen LogP contribution in [0.5, 0.6) is 0 Å². The molecule has 0 aromatic rings. The number of carboxylic acids is 3. The molecule has 6 fully saturated rings. The SMILES string of the molecule is C[C@]1(C(=O)O)CC[C@]2(C)CC[C@]3(C)C(=CC[C@@H]4[C@@]5(C)CC[C@H](O[C@@H]6O[C@H](C(=O)O)[C@@H](O)[C@H](O)[C@H]6O[C@@H]6O[C@H](C(=O)O)[C@@H](O)[C@H](O)[C@H]6O)[C@](C)(CO)[C@@H]5CC[C@]43C)[C@H]2C1. The number of aliphatic hydroxyl groups is 6. The summed E-state index contributed by atoms with van der Waals surface area (Å²) in [6.45, 7) is 13.0. The van der Waals surface area contributed by atoms with Crippen molar-refractivity contribution in [3.05, 3.63) is 11.6 Å². The second-order valence-corrected chi connectivity index (χ2v) is 20.5. The van der Waals surface area contributed by atoms with Crippen molar-refractivity contribution in [2.45, 2.75) is 173 Å². The molecule has 0 radical (unpaired) electrons. The number of hydrogen-bond acceptors (Lipinski definition) is 13. The Morgan fingerprint density at radius 2 is 1.31 bits per heavy atom. The third-order valence-corrected chi connectivity index (χ3v) is 17.6. The van der Waals surface area contributed by atoms with E-state index in [1.54, 1.807) is 0 Å². The summed E-state index contributed by atoms with van der Waals surface area (Å²) in [5.41, 5.74) is -0.824. The lowest BCUT2D eigenvalue weighted by molar-refractivity contribution is -0.372. The highest BCUT2D eigenvalue weighted by atomic mass is 16.8. The van der Waals surface area contributed by atoms with Crippen molar-refractivity contribution >= 4 is 17.9 Å². The standard InChI is InChI=1S/C42H64O16/c1-37-13-14-38(2,36(53)54)17-20(37)19-7-8-22-39(3)11-10-23(40(4,18-43)21(39)9-12-42(22,6)41(19,5)16-15-37)55-35-31(27(47)26(46)30(57-35)33(51)52)58-34-28(48)24(44)25(45)29(56-34)32(49)50/h7,20-31,34-35,43-48H,8-18H2,1-6H3,(H,49,50)(H,51,52)(H,53,54)/t20-,21-,22-,23+,24+,25+,26+,27+,28-,29+,30+,31-,34+,35-,37-,38+,39+,40-,41-,42-/m1/s1. The van der Waals surface area contributed by atoms with Crippen LogP contribution in [0.2, 0.25) is 0 Å². The van der Waals surface area contributed by atoms with Crippen LogP contribution in [0.3, 0.4) is 0 Å². The minimum Gasteiger partial charge on any atom is -0.481 e. The molecule has 328 valence electrons. The minimum absolute atomic E-state index is 0.0434. The fourth-order valence-corrected chi connectivity index (χ4v) is 13.6. The van der Waals surface area contributed by atoms with Crippen molar-refractivity contribution in [2.75, 3.05) is 6.61 Å². The zero-order valence-corrected chi connectivity index (χ0v) is 34.3. The Labute approximate surface area is 338 Å². The number of aliphatic hydroxyl groups excluding tert-OH is 6. The number of fused-ring (bicyclic) bond motifs is 7. The molecule has 2 saturated heterocycles. The van der Waals surface area contributed by atoms with Gasteiger partial charge in [0, 0.05) is 5.41 Å². The van der Waals surface area contributed by atoms with Gasteiger partial charge in [-0.15, -0.1) is 0 Å². The fourth-order valence-electron chi connectivity index (χ4n) is 13.6. The molecule has 2 heterocycles. The number of aliphatic carboxylic acids is 3. The number of carbonyl (C=O) groups is 3. The lowest BCUT2D eigenvalue weighted by Gasteiger charge is -2.71. The zero-order chi connectivity index (χ0) is 42.7. The van der Waals surface area contributed by atoms with Gasteiger partial charge in [0.2, 0.25) is 0 Å². The maximum absolute atomic E-state index is 12.5. The number of allylic oxidation sites excluding steroid dienone is 2. The molecule has 58 heavy (non-hydrogen) atoms. The Bertz CT molecular complexity index is 1670. The van der Waals surface area contributed by atoms with Gasteiger partial charge in [0.1, 0.15) is 36.6 Å². The Balaban J connectivity index is 1.17. The topological polar surface area (TPSA) is 270 Å². The molecule has 7 rings (SSSR count). The summed E-state index contributed by atoms with van der Waals surface area (Å²) in [5.74, 6) is -3.72. The quantitative estimate of drug-likeness (QED) is 0.125. The van der Waals surface area contributed by atoms with Crippen molar-refractivity contribution in [2.24, 2.45) is 50.2 Å². The first-order valence-corrected chi connectivity index (χ1v) is 20.9. The van der Waals surface area contributed by atoms with Crippen molar-refractivity contribution in [3.8, 4) is 0 Å². The molecule has 2 aliphatic heterocycles. The van der Waals surface area contributed by atoms with E-state index in [2.05, 4.69) is 33.8 Å². The van der Waals surface area contributed by atoms with Crippen LogP contribution in [-0.2, 0) is 33.3 Å². The van der Waals surface area contributed by atoms with E-state index in [0.717, 1.165) is 38.5 Å². The van der Waals surface area contributed by atoms with Crippen LogP contribution >= 0.6 is 0 Å². The summed E-state index contributed by atoms with van der Waals surface area (Å²) in [6.07, 6.45) is -10.4. The highest BCUT2D eigenvalue weighted by Crippen LogP contribution is 2.76. The summed E-state index contributed by atoms with van der Waals surface area (Å²) in [7, 11) is 0. The van der Waals surface area contributed by atoms with E-state index in [0.29, 0.717) is 25.7 Å². The third-order valence-electron chi connectivity index (χ3n) is 17.6. The van der Waals surface area contributed by atoms with E-state index in [1.165, 1.54) is 5.57 Å². The second kappa shape index (κ2) is 14.7. The lowest BCUT2D eigenvalue weighted by Crippen LogP contribution is -2.68. The highest BCUT2D eigenvalue weighted by Gasteiger charge is 2.69. The average Bonchev–Trinajstić information content (AvgIpc) is 3.16. The predicted octanol–water partition coefficient (Wildman–Crippen LogP) is 2.04. The average molecular weight is 825 g/mol. The first-order valence-electron chi connectivity index (χ1n) is 20.9. The summed E-state index contributed by atoms with van der Waals surface area (Å²) in [4.78, 5) is 36.5. The van der Waals surface area contributed by atoms with E-state index in [1.807, 2.05) is 13.8 Å². The van der Waals surface area contributed by atoms with E-state index >= 15 is 0 Å². The number of hydrogen-bond donors (Lipinski definition) is 9. The van der Waals surface area contributed by atoms with Crippen LogP contribution in [0.25, 0.3) is 0 Å². The Morgan fingerprint density at radius 1 is 0.707 bits per heavy atom. The van der Waals surface area contributed by atoms with Gasteiger partial charge in [-0.25, -0.2) is 9.59 Å². The molecule has 0 aromatic carbocycles. The Morgan fingerprint density at radius 3 is 1.91 bits per heavy atom. The Kier molecular flexibility index (Phi) is 11.1. The number of carboxylic acid groups (broad SMARTS) is 3. The number of ether oxygens (including phenoxy) is 4. The van der Waals surface area contributed by atoms with Crippen LogP contribution < -0.4 is 0 Å². The molecule has 0 amide bonds. The summed E-state index contributed by atoms with van der Waals surface area (Å²) in [6, 6.07) is 0. The molecule has 7 aliphatic rings. The van der Waals surface area contributed by atoms with Gasteiger partial charge in [-0.2, -0.15) is 0 Å². The molecule has 20 atom stereocenters. The van der Waals surface area contributed by atoms with E-state index in [9.17, 15) is 60.3 Å². The molecule has 0 aromatic heterocycles. The van der Waals surface area contributed by atoms with Gasteiger partial charge in [-0.3, -0.25) is 4.79 Å². The van der Waals surface area contributed by atoms with Crippen molar-refractivity contribution in [3.63, 3.8) is 0 Å². The molecular formula is C42H64O16. The molecule has 16 nitrogen and oxygen atoms in total. The van der Waals surface area contributed by atoms with Gasteiger partial charge in [-0.05, 0) is 111 Å². The van der Waals surface area contributed by atoms with Crippen molar-refractivity contribution in [1.29, 1.82) is 0 Å². The van der Waals surface area contributed by atoms with E-state index in [-0.39, 0.29) is 46.0 Å². The lowest BCUT2D eigenvalue weighted by atomic mass is 9.33. The van der Waals surface area contributed by atoms with E-state index in [4.69, 9.17) is 18.9 Å². The first kappa shape index (κ1) is 43.8. The van der Waals surface area contributed by atoms with Crippen LogP contribution in [-0.4, -0.2) is 138 Å². The van der Waals surface area contributed by atoms with Gasteiger partial charge in [0.25, 0.3) is 0 Å². The predicted molar refractivity (Wildman–Crippen MR) is 200 cm³/mol. The van der Waals surface area contributed by atoms with Gasteiger partial charge < -0.3 is 64.9 Å². The van der Waals surface area contributed by atoms with E-state index < -0.39 is 96.3 Å². The van der Waals surface area contributed by atoms with Gasteiger partial charge >= 0.3 is 17.9 Å². The smallest absolute Gasteiger partial charge is 0.335 e. The van der Waals surface area contributed by atoms with Crippen molar-refractivity contribution < 1.29 is 79.3 Å². The van der Waals surface area contributed by atoms with Gasteiger partial charge in [0.15, 0.2) is 24.8 Å². The first-order chi connectivity index (χ1) is 26.9. The van der Waals surface area contributed by atoms with Crippen LogP contribution in [0.4, 0.5) is 0 Å². The molecular weight excluding hydrogens is 760 g/mol. The molecule has 5 aliphatic carbocycles. The third kappa shape index (κ3) is 6.33. The summed E-state index contributed by atoms with van der Waals surface area (Å²) < 4.78 is 23.4. The maximum Gasteiger partial charge on any atom is 0.335 e. The molecule has 0 unspecified atom stereocenters. The number of rotatable bonds is 8. The summed E-state index contributed by atoms with van der Waals surface area (Å²) >= 11 is 0. The van der Waals surface area contributed by atoms with Crippen molar-refractivity contribution in [1.82, 2.24) is 0 Å². The molecule has 9 N–H and O–H groups in total. The van der Waals surface area contributed by atoms with Crippen LogP contribution in [0.15, 0.2) is 11.6 Å².